The molecule has 11 heavy (non-hydrogen) atoms. The van der Waals surface area contributed by atoms with Crippen LogP contribution in [0.3, 0.4) is 0 Å². The van der Waals surface area contributed by atoms with Gasteiger partial charge in [-0.05, 0) is 44.0 Å². The van der Waals surface area contributed by atoms with Crippen LogP contribution < -0.4 is 0 Å². The molecule has 1 rings (SSSR count). The van der Waals surface area contributed by atoms with E-state index in [1.807, 2.05) is 0 Å². The van der Waals surface area contributed by atoms with Crippen molar-refractivity contribution in [3.8, 4) is 5.75 Å². The summed E-state index contributed by atoms with van der Waals surface area (Å²) < 4.78 is 2.27. The molecule has 0 aliphatic heterocycles. The monoisotopic (exact) mass is 342 g/mol. The topological polar surface area (TPSA) is 20.2 Å². The molecule has 0 atom stereocenters. The maximum atomic E-state index is 9.22. The molecular weight excluding hydrogens is 339 g/mol. The molecule has 0 aromatic heterocycles. The van der Waals surface area contributed by atoms with E-state index in [0.717, 1.165) is 4.47 Å². The first-order valence-electron chi connectivity index (χ1n) is 2.45. The van der Waals surface area contributed by atoms with Gasteiger partial charge >= 0.3 is 0 Å². The van der Waals surface area contributed by atoms with E-state index >= 15 is 0 Å². The average molecular weight is 345 g/mol. The van der Waals surface area contributed by atoms with Crippen LogP contribution in [0.1, 0.15) is 0 Å². The Labute approximate surface area is 92.2 Å². The Kier molecular flexibility index (Phi) is 4.74. The first-order chi connectivity index (χ1) is 4.61. The van der Waals surface area contributed by atoms with Gasteiger partial charge in [-0.2, -0.15) is 0 Å². The zero-order valence-corrected chi connectivity index (χ0v) is 9.49. The highest BCUT2D eigenvalue weighted by atomic mass is 79.9. The lowest BCUT2D eigenvalue weighted by Gasteiger charge is -1.99. The summed E-state index contributed by atoms with van der Waals surface area (Å²) in [5.41, 5.74) is 0. The Bertz CT molecular complexity index is 241. The summed E-state index contributed by atoms with van der Waals surface area (Å²) in [6.07, 6.45) is 0. The van der Waals surface area contributed by atoms with Crippen LogP contribution in [0.25, 0.3) is 0 Å². The zero-order valence-electron chi connectivity index (χ0n) is 4.74. The minimum atomic E-state index is 0. The molecule has 1 N–H and O–H groups in total. The summed E-state index contributed by atoms with van der Waals surface area (Å²) in [4.78, 5) is 0. The van der Waals surface area contributed by atoms with E-state index in [1.54, 1.807) is 12.1 Å². The van der Waals surface area contributed by atoms with Crippen molar-refractivity contribution in [3.05, 3.63) is 25.6 Å². The van der Waals surface area contributed by atoms with Gasteiger partial charge in [0.05, 0.1) is 17.4 Å². The molecule has 0 bridgehead atoms. The zero-order chi connectivity index (χ0) is 7.72. The third-order valence-corrected chi connectivity index (χ3v) is 2.65. The number of aromatic hydroxyl groups is 1. The quantitative estimate of drug-likeness (QED) is 0.717. The maximum absolute atomic E-state index is 9.22. The summed E-state index contributed by atoms with van der Waals surface area (Å²) in [6.45, 7) is 0. The lowest BCUT2D eigenvalue weighted by atomic mass is 10.3. The normalized spacial score (nSPS) is 9.00. The van der Waals surface area contributed by atoms with Crippen LogP contribution in [0.4, 0.5) is 0 Å². The molecule has 0 saturated carbocycles. The molecular formula is C6H6BBr3O. The van der Waals surface area contributed by atoms with Crippen molar-refractivity contribution < 1.29 is 5.11 Å². The Hall–Kier alpha value is 0.525. The highest BCUT2D eigenvalue weighted by Crippen LogP contribution is 2.34. The first kappa shape index (κ1) is 11.5. The molecule has 60 valence electrons. The van der Waals surface area contributed by atoms with Crippen molar-refractivity contribution in [1.29, 1.82) is 0 Å². The standard InChI is InChI=1S/C6H3Br3O.BH3/c7-3-1-4(8)6(10)5(9)2-3;/h1-2,10H;1H3. The summed E-state index contributed by atoms with van der Waals surface area (Å²) in [6, 6.07) is 3.56. The summed E-state index contributed by atoms with van der Waals surface area (Å²) in [7, 11) is 0. The fourth-order valence-corrected chi connectivity index (χ4v) is 2.79. The van der Waals surface area contributed by atoms with Crippen molar-refractivity contribution >= 4 is 56.2 Å². The largest absolute Gasteiger partial charge is 0.506 e. The van der Waals surface area contributed by atoms with E-state index in [9.17, 15) is 5.11 Å². The molecule has 0 radical (unpaired) electrons. The van der Waals surface area contributed by atoms with Crippen molar-refractivity contribution in [2.24, 2.45) is 0 Å². The molecule has 0 aliphatic carbocycles. The molecule has 1 aromatic rings. The van der Waals surface area contributed by atoms with Gasteiger partial charge in [0.15, 0.2) is 0 Å². The number of phenols is 1. The SMILES string of the molecule is B.Oc1c(Br)cc(Br)cc1Br. The molecule has 0 unspecified atom stereocenters. The van der Waals surface area contributed by atoms with Gasteiger partial charge in [0.25, 0.3) is 0 Å². The Balaban J connectivity index is 0.000001000. The Morgan fingerprint density at radius 1 is 1.00 bits per heavy atom. The van der Waals surface area contributed by atoms with E-state index in [-0.39, 0.29) is 14.2 Å². The highest BCUT2D eigenvalue weighted by molar-refractivity contribution is 9.11. The van der Waals surface area contributed by atoms with Gasteiger partial charge in [0.1, 0.15) is 5.75 Å². The number of halogens is 3. The van der Waals surface area contributed by atoms with Crippen molar-refractivity contribution in [3.63, 3.8) is 0 Å². The molecule has 0 aliphatic rings. The molecule has 0 heterocycles. The van der Waals surface area contributed by atoms with Gasteiger partial charge in [0, 0.05) is 4.47 Å². The molecule has 5 heteroatoms. The summed E-state index contributed by atoms with van der Waals surface area (Å²) in [5.74, 6) is 0.225. The van der Waals surface area contributed by atoms with Crippen LogP contribution in [0.5, 0.6) is 5.75 Å². The second kappa shape index (κ2) is 4.53. The van der Waals surface area contributed by atoms with Gasteiger partial charge in [-0.1, -0.05) is 15.9 Å². The van der Waals surface area contributed by atoms with Crippen LogP contribution in [0.15, 0.2) is 25.6 Å². The van der Waals surface area contributed by atoms with Crippen LogP contribution in [-0.2, 0) is 0 Å². The van der Waals surface area contributed by atoms with E-state index in [4.69, 9.17) is 0 Å². The predicted octanol–water partition coefficient (Wildman–Crippen LogP) is 2.50. The lowest BCUT2D eigenvalue weighted by Crippen LogP contribution is -1.71. The first-order valence-corrected chi connectivity index (χ1v) is 4.82. The molecule has 0 fully saturated rings. The highest BCUT2D eigenvalue weighted by Gasteiger charge is 2.02. The van der Waals surface area contributed by atoms with E-state index in [2.05, 4.69) is 47.8 Å². The third kappa shape index (κ3) is 2.80. The summed E-state index contributed by atoms with van der Waals surface area (Å²) in [5, 5.41) is 9.22. The van der Waals surface area contributed by atoms with E-state index in [0.29, 0.717) is 8.95 Å². The van der Waals surface area contributed by atoms with Crippen molar-refractivity contribution in [2.45, 2.75) is 0 Å². The third-order valence-electron chi connectivity index (χ3n) is 0.982. The number of hydrogen-bond acceptors (Lipinski definition) is 1. The van der Waals surface area contributed by atoms with Gasteiger partial charge < -0.3 is 5.11 Å². The van der Waals surface area contributed by atoms with Crippen LogP contribution >= 0.6 is 47.8 Å². The average Bonchev–Trinajstić information content (AvgIpc) is 1.82. The predicted molar refractivity (Wildman–Crippen MR) is 61.1 cm³/mol. The second-order valence-corrected chi connectivity index (χ2v) is 4.34. The second-order valence-electron chi connectivity index (χ2n) is 1.72. The van der Waals surface area contributed by atoms with Gasteiger partial charge in [-0.25, -0.2) is 0 Å². The smallest absolute Gasteiger partial charge is 0.144 e. The molecule has 0 amide bonds. The van der Waals surface area contributed by atoms with Crippen molar-refractivity contribution in [2.75, 3.05) is 0 Å². The fourth-order valence-electron chi connectivity index (χ4n) is 0.535. The van der Waals surface area contributed by atoms with E-state index < -0.39 is 0 Å². The molecule has 0 saturated heterocycles. The van der Waals surface area contributed by atoms with Gasteiger partial charge in [0.2, 0.25) is 0 Å². The Morgan fingerprint density at radius 2 is 1.36 bits per heavy atom. The number of phenolic OH excluding ortho intramolecular Hbond substituents is 1. The lowest BCUT2D eigenvalue weighted by molar-refractivity contribution is 0.468. The van der Waals surface area contributed by atoms with Gasteiger partial charge in [-0.3, -0.25) is 0 Å². The molecule has 1 aromatic carbocycles. The number of benzene rings is 1. The van der Waals surface area contributed by atoms with Crippen molar-refractivity contribution in [1.82, 2.24) is 0 Å². The number of rotatable bonds is 0. The van der Waals surface area contributed by atoms with E-state index in [1.165, 1.54) is 0 Å². The maximum Gasteiger partial charge on any atom is 0.144 e. The van der Waals surface area contributed by atoms with Crippen LogP contribution in [0.2, 0.25) is 0 Å². The minimum absolute atomic E-state index is 0. The fraction of sp³-hybridized carbons (Fsp3) is 0. The Morgan fingerprint density at radius 3 is 1.73 bits per heavy atom. The molecule has 1 nitrogen and oxygen atoms in total. The molecule has 0 spiro atoms. The van der Waals surface area contributed by atoms with Gasteiger partial charge in [-0.15, -0.1) is 0 Å². The summed E-state index contributed by atoms with van der Waals surface area (Å²) >= 11 is 9.65. The van der Waals surface area contributed by atoms with Crippen LogP contribution in [0, 0.1) is 0 Å². The minimum Gasteiger partial charge on any atom is -0.506 e. The van der Waals surface area contributed by atoms with Crippen LogP contribution in [-0.4, -0.2) is 13.5 Å². The number of hydrogen-bond donors (Lipinski definition) is 1.